The van der Waals surface area contributed by atoms with Crippen LogP contribution in [0.15, 0.2) is 18.2 Å². The van der Waals surface area contributed by atoms with Gasteiger partial charge in [-0.15, -0.1) is 0 Å². The summed E-state index contributed by atoms with van der Waals surface area (Å²) in [6.07, 6.45) is 0. The van der Waals surface area contributed by atoms with E-state index < -0.39 is 8.32 Å². The second-order valence-electron chi connectivity index (χ2n) is 6.23. The zero-order chi connectivity index (χ0) is 14.7. The summed E-state index contributed by atoms with van der Waals surface area (Å²) < 4.78 is 6.71. The lowest BCUT2D eigenvalue weighted by Gasteiger charge is -2.39. The van der Waals surface area contributed by atoms with Crippen LogP contribution in [0, 0.1) is 13.8 Å². The summed E-state index contributed by atoms with van der Waals surface area (Å²) in [4.78, 5) is 0. The van der Waals surface area contributed by atoms with Crippen molar-refractivity contribution in [3.63, 3.8) is 0 Å². The monoisotopic (exact) mass is 278 g/mol. The van der Waals surface area contributed by atoms with Gasteiger partial charge in [0.05, 0.1) is 5.60 Å². The van der Waals surface area contributed by atoms with Crippen molar-refractivity contribution in [1.29, 1.82) is 0 Å². The Labute approximate surface area is 120 Å². The Bertz CT molecular complexity index is 391. The van der Waals surface area contributed by atoms with Crippen molar-refractivity contribution < 1.29 is 4.43 Å². The highest BCUT2D eigenvalue weighted by molar-refractivity contribution is 6.73. The predicted molar refractivity (Wildman–Crippen MR) is 87.2 cm³/mol. The zero-order valence-corrected chi connectivity index (χ0v) is 14.8. The summed E-state index contributed by atoms with van der Waals surface area (Å²) in [5.74, 6) is 0. The number of aryl methyl sites for hydroxylation is 2. The maximum absolute atomic E-state index is 6.71. The molecule has 0 aliphatic carbocycles. The molecule has 19 heavy (non-hydrogen) atoms. The van der Waals surface area contributed by atoms with Crippen molar-refractivity contribution in [2.45, 2.75) is 72.2 Å². The van der Waals surface area contributed by atoms with E-state index in [2.05, 4.69) is 66.7 Å². The minimum Gasteiger partial charge on any atom is -0.408 e. The van der Waals surface area contributed by atoms with Gasteiger partial charge >= 0.3 is 0 Å². The lowest BCUT2D eigenvalue weighted by molar-refractivity contribution is 0.0939. The minimum absolute atomic E-state index is 0.176. The van der Waals surface area contributed by atoms with Gasteiger partial charge in [0.15, 0.2) is 8.32 Å². The Morgan fingerprint density at radius 1 is 0.895 bits per heavy atom. The Morgan fingerprint density at radius 2 is 1.32 bits per heavy atom. The predicted octanol–water partition coefficient (Wildman–Crippen LogP) is 5.56. The van der Waals surface area contributed by atoms with Crippen LogP contribution in [0.4, 0.5) is 0 Å². The molecule has 0 spiro atoms. The van der Waals surface area contributed by atoms with Crippen molar-refractivity contribution in [3.05, 3.63) is 34.9 Å². The third kappa shape index (κ3) is 3.93. The number of rotatable bonds is 6. The molecule has 1 rings (SSSR count). The summed E-state index contributed by atoms with van der Waals surface area (Å²) in [5.41, 5.74) is 3.79. The van der Waals surface area contributed by atoms with Crippen LogP contribution in [-0.2, 0) is 10.0 Å². The molecule has 0 unspecified atom stereocenters. The first-order chi connectivity index (χ1) is 8.78. The first kappa shape index (κ1) is 16.5. The number of hydrogen-bond acceptors (Lipinski definition) is 1. The summed E-state index contributed by atoms with van der Waals surface area (Å²) in [6, 6.07) is 10.4. The maximum Gasteiger partial charge on any atom is 0.193 e. The van der Waals surface area contributed by atoms with Gasteiger partial charge in [-0.2, -0.15) is 0 Å². The number of hydrogen-bond donors (Lipinski definition) is 0. The highest BCUT2D eigenvalue weighted by Gasteiger charge is 2.36. The molecule has 1 aromatic rings. The number of benzene rings is 1. The lowest BCUT2D eigenvalue weighted by Crippen LogP contribution is -2.43. The zero-order valence-electron chi connectivity index (χ0n) is 13.8. The molecule has 0 N–H and O–H groups in total. The van der Waals surface area contributed by atoms with Crippen LogP contribution in [0.1, 0.15) is 51.3 Å². The van der Waals surface area contributed by atoms with E-state index in [1.54, 1.807) is 0 Å². The third-order valence-corrected chi connectivity index (χ3v) is 9.13. The van der Waals surface area contributed by atoms with Crippen LogP contribution >= 0.6 is 0 Å². The topological polar surface area (TPSA) is 9.23 Å². The van der Waals surface area contributed by atoms with E-state index in [1.165, 1.54) is 34.8 Å². The molecule has 1 nitrogen and oxygen atoms in total. The van der Waals surface area contributed by atoms with Crippen LogP contribution < -0.4 is 0 Å². The highest BCUT2D eigenvalue weighted by atomic mass is 28.4. The molecule has 2 heteroatoms. The van der Waals surface area contributed by atoms with E-state index in [0.29, 0.717) is 0 Å². The summed E-state index contributed by atoms with van der Waals surface area (Å²) in [7, 11) is -1.57. The van der Waals surface area contributed by atoms with Crippen molar-refractivity contribution in [2.24, 2.45) is 0 Å². The molecule has 0 bridgehead atoms. The first-order valence-electron chi connectivity index (χ1n) is 7.57. The van der Waals surface area contributed by atoms with Gasteiger partial charge in [0.1, 0.15) is 0 Å². The molecule has 1 aromatic carbocycles. The van der Waals surface area contributed by atoms with Gasteiger partial charge in [0, 0.05) is 0 Å². The van der Waals surface area contributed by atoms with Crippen LogP contribution in [0.5, 0.6) is 0 Å². The SMILES string of the molecule is CC[Si](CC)(CC)OC(C)(C)c1cc(C)cc(C)c1. The van der Waals surface area contributed by atoms with Crippen LogP contribution in [0.2, 0.25) is 18.1 Å². The molecule has 0 fully saturated rings. The molecule has 0 amide bonds. The molecule has 0 radical (unpaired) electrons. The second-order valence-corrected chi connectivity index (χ2v) is 10.9. The first-order valence-corrected chi connectivity index (χ1v) is 10.1. The molecule has 0 aliphatic heterocycles. The van der Waals surface area contributed by atoms with Gasteiger partial charge in [-0.25, -0.2) is 0 Å². The van der Waals surface area contributed by atoms with Crippen LogP contribution in [0.3, 0.4) is 0 Å². The third-order valence-electron chi connectivity index (χ3n) is 4.32. The van der Waals surface area contributed by atoms with Crippen molar-refractivity contribution in [3.8, 4) is 0 Å². The molecule has 0 saturated carbocycles. The Balaban J connectivity index is 3.09. The van der Waals surface area contributed by atoms with Crippen molar-refractivity contribution in [2.75, 3.05) is 0 Å². The van der Waals surface area contributed by atoms with Gasteiger partial charge < -0.3 is 4.43 Å². The smallest absolute Gasteiger partial charge is 0.193 e. The van der Waals surface area contributed by atoms with E-state index in [-0.39, 0.29) is 5.60 Å². The van der Waals surface area contributed by atoms with Gasteiger partial charge in [-0.1, -0.05) is 50.1 Å². The average molecular weight is 279 g/mol. The molecular weight excluding hydrogens is 248 g/mol. The summed E-state index contributed by atoms with van der Waals surface area (Å²) in [6.45, 7) is 15.6. The van der Waals surface area contributed by atoms with Gasteiger partial charge in [0.2, 0.25) is 0 Å². The second kappa shape index (κ2) is 6.23. The van der Waals surface area contributed by atoms with Gasteiger partial charge in [-0.05, 0) is 51.4 Å². The fraction of sp³-hybridized carbons (Fsp3) is 0.647. The molecule has 0 saturated heterocycles. The minimum atomic E-state index is -1.57. The van der Waals surface area contributed by atoms with E-state index in [9.17, 15) is 0 Å². The maximum atomic E-state index is 6.71. The summed E-state index contributed by atoms with van der Waals surface area (Å²) in [5, 5.41) is 0. The fourth-order valence-electron chi connectivity index (χ4n) is 2.89. The molecule has 108 valence electrons. The van der Waals surface area contributed by atoms with E-state index in [4.69, 9.17) is 4.43 Å². The standard InChI is InChI=1S/C17H30OSi/c1-8-19(9-2,10-3)18-17(6,7)16-12-14(4)11-15(5)13-16/h11-13H,8-10H2,1-7H3. The van der Waals surface area contributed by atoms with Crippen molar-refractivity contribution in [1.82, 2.24) is 0 Å². The Hall–Kier alpha value is -0.603. The Morgan fingerprint density at radius 3 is 1.68 bits per heavy atom. The van der Waals surface area contributed by atoms with Gasteiger partial charge in [-0.3, -0.25) is 0 Å². The van der Waals surface area contributed by atoms with E-state index >= 15 is 0 Å². The van der Waals surface area contributed by atoms with Crippen molar-refractivity contribution >= 4 is 8.32 Å². The fourth-order valence-corrected chi connectivity index (χ4v) is 6.02. The van der Waals surface area contributed by atoms with E-state index in [1.807, 2.05) is 0 Å². The van der Waals surface area contributed by atoms with Crippen LogP contribution in [0.25, 0.3) is 0 Å². The van der Waals surface area contributed by atoms with E-state index in [0.717, 1.165) is 0 Å². The van der Waals surface area contributed by atoms with Crippen LogP contribution in [-0.4, -0.2) is 8.32 Å². The molecule has 0 heterocycles. The summed E-state index contributed by atoms with van der Waals surface area (Å²) >= 11 is 0. The molecule has 0 aromatic heterocycles. The quantitative estimate of drug-likeness (QED) is 0.619. The highest BCUT2D eigenvalue weighted by Crippen LogP contribution is 2.34. The lowest BCUT2D eigenvalue weighted by atomic mass is 9.95. The molecular formula is C17H30OSi. The molecule has 0 atom stereocenters. The Kier molecular flexibility index (Phi) is 5.40. The molecule has 0 aliphatic rings. The normalized spacial score (nSPS) is 12.8. The largest absolute Gasteiger partial charge is 0.408 e. The average Bonchev–Trinajstić information content (AvgIpc) is 2.35. The van der Waals surface area contributed by atoms with Gasteiger partial charge in [0.25, 0.3) is 0 Å².